The predicted molar refractivity (Wildman–Crippen MR) is 33.9 cm³/mol. The van der Waals surface area contributed by atoms with E-state index in [1.807, 2.05) is 0 Å². The van der Waals surface area contributed by atoms with Crippen LogP contribution in [-0.2, 0) is 0 Å². The summed E-state index contributed by atoms with van der Waals surface area (Å²) in [6.45, 7) is 0. The van der Waals surface area contributed by atoms with E-state index in [-0.39, 0.29) is 19.3 Å². The molecule has 0 aromatic heterocycles. The first-order valence-corrected chi connectivity index (χ1v) is 3.73. The van der Waals surface area contributed by atoms with Crippen molar-refractivity contribution >= 4 is 0 Å². The van der Waals surface area contributed by atoms with Gasteiger partial charge < -0.3 is 5.73 Å². The first kappa shape index (κ1) is 7.40. The van der Waals surface area contributed by atoms with Crippen LogP contribution >= 0.6 is 0 Å². The lowest BCUT2D eigenvalue weighted by Gasteiger charge is -2.45. The molecule has 0 aromatic rings. The van der Waals surface area contributed by atoms with E-state index in [4.69, 9.17) is 5.73 Å². The van der Waals surface area contributed by atoms with E-state index in [1.54, 1.807) is 0 Å². The van der Waals surface area contributed by atoms with Crippen LogP contribution in [0.15, 0.2) is 0 Å². The molecule has 4 heteroatoms. The normalized spacial score (nSPS) is 49.1. The first-order chi connectivity index (χ1) is 4.87. The van der Waals surface area contributed by atoms with Gasteiger partial charge in [-0.15, -0.1) is 0 Å². The lowest BCUT2D eigenvalue weighted by Crippen LogP contribution is -2.55. The zero-order valence-corrected chi connectivity index (χ0v) is 6.04. The van der Waals surface area contributed by atoms with Gasteiger partial charge in [0.05, 0.1) is 5.41 Å². The van der Waals surface area contributed by atoms with Gasteiger partial charge in [-0.25, -0.2) is 0 Å². The molecule has 11 heavy (non-hydrogen) atoms. The quantitative estimate of drug-likeness (QED) is 0.582. The van der Waals surface area contributed by atoms with Crippen LogP contribution < -0.4 is 5.73 Å². The molecule has 0 aromatic carbocycles. The summed E-state index contributed by atoms with van der Waals surface area (Å²) in [6.07, 6.45) is -2.92. The van der Waals surface area contributed by atoms with Crippen molar-refractivity contribution in [3.8, 4) is 0 Å². The number of nitrogens with two attached hydrogens (primary N) is 1. The third-order valence-corrected chi connectivity index (χ3v) is 3.08. The summed E-state index contributed by atoms with van der Waals surface area (Å²) in [5, 5.41) is 0. The second kappa shape index (κ2) is 1.58. The maximum absolute atomic E-state index is 12.3. The molecule has 0 heterocycles. The summed E-state index contributed by atoms with van der Waals surface area (Å²) in [5.74, 6) is 0. The van der Waals surface area contributed by atoms with Crippen molar-refractivity contribution in [1.29, 1.82) is 0 Å². The maximum atomic E-state index is 12.3. The van der Waals surface area contributed by atoms with Gasteiger partial charge in [0.1, 0.15) is 0 Å². The van der Waals surface area contributed by atoms with Gasteiger partial charge in [-0.05, 0) is 25.7 Å². The number of hydrogen-bond donors (Lipinski definition) is 1. The smallest absolute Gasteiger partial charge is 0.325 e. The van der Waals surface area contributed by atoms with E-state index in [0.717, 1.165) is 0 Å². The Morgan fingerprint density at radius 2 is 1.64 bits per heavy atom. The van der Waals surface area contributed by atoms with Gasteiger partial charge in [0.2, 0.25) is 0 Å². The minimum atomic E-state index is -4.02. The third-order valence-electron chi connectivity index (χ3n) is 3.08. The third kappa shape index (κ3) is 0.760. The van der Waals surface area contributed by atoms with E-state index in [0.29, 0.717) is 6.42 Å². The Labute approximate surface area is 62.8 Å². The minimum absolute atomic E-state index is 0.156. The van der Waals surface area contributed by atoms with Crippen molar-refractivity contribution in [2.24, 2.45) is 11.1 Å². The minimum Gasteiger partial charge on any atom is -0.325 e. The number of alkyl halides is 3. The molecule has 0 amide bonds. The van der Waals surface area contributed by atoms with Crippen LogP contribution in [0, 0.1) is 5.41 Å². The summed E-state index contributed by atoms with van der Waals surface area (Å²) in [5.41, 5.74) is 3.78. The first-order valence-electron chi connectivity index (χ1n) is 3.73. The van der Waals surface area contributed by atoms with Gasteiger partial charge in [-0.2, -0.15) is 13.2 Å². The van der Waals surface area contributed by atoms with Crippen LogP contribution in [-0.4, -0.2) is 11.7 Å². The van der Waals surface area contributed by atoms with Crippen LogP contribution in [0.3, 0.4) is 0 Å². The Kier molecular flexibility index (Phi) is 1.06. The molecular formula is C7H10F3N. The highest BCUT2D eigenvalue weighted by Gasteiger charge is 2.70. The van der Waals surface area contributed by atoms with Crippen molar-refractivity contribution < 1.29 is 13.2 Å². The molecule has 0 unspecified atom stereocenters. The summed E-state index contributed by atoms with van der Waals surface area (Å²) in [7, 11) is 0. The molecule has 3 aliphatic rings. The monoisotopic (exact) mass is 165 g/mol. The molecule has 3 saturated carbocycles. The predicted octanol–water partition coefficient (Wildman–Crippen LogP) is 1.82. The zero-order chi connectivity index (χ0) is 8.33. The fourth-order valence-corrected chi connectivity index (χ4v) is 2.48. The number of rotatable bonds is 0. The van der Waals surface area contributed by atoms with Gasteiger partial charge in [0.25, 0.3) is 0 Å². The van der Waals surface area contributed by atoms with Crippen LogP contribution in [0.4, 0.5) is 13.2 Å². The van der Waals surface area contributed by atoms with E-state index in [9.17, 15) is 13.2 Å². The standard InChI is InChI=1S/C7H10F3N/c8-7(9,10)5-1-2-6(11,3-5)4-5/h1-4,11H2. The number of hydrogen-bond acceptors (Lipinski definition) is 1. The van der Waals surface area contributed by atoms with Crippen molar-refractivity contribution in [3.63, 3.8) is 0 Å². The fraction of sp³-hybridized carbons (Fsp3) is 1.00. The van der Waals surface area contributed by atoms with Gasteiger partial charge in [-0.1, -0.05) is 0 Å². The molecule has 1 nitrogen and oxygen atoms in total. The van der Waals surface area contributed by atoms with Crippen molar-refractivity contribution in [1.82, 2.24) is 0 Å². The molecule has 3 fully saturated rings. The van der Waals surface area contributed by atoms with E-state index in [1.165, 1.54) is 0 Å². The molecule has 3 aliphatic carbocycles. The summed E-state index contributed by atoms with van der Waals surface area (Å²) in [6, 6.07) is 0. The SMILES string of the molecule is NC12CCC(C(F)(F)F)(C1)C2. The Morgan fingerprint density at radius 3 is 1.82 bits per heavy atom. The highest BCUT2D eigenvalue weighted by molar-refractivity contribution is 5.16. The lowest BCUT2D eigenvalue weighted by atomic mass is 9.65. The Bertz CT molecular complexity index is 190. The van der Waals surface area contributed by atoms with Crippen LogP contribution in [0.5, 0.6) is 0 Å². The van der Waals surface area contributed by atoms with Gasteiger partial charge in [0.15, 0.2) is 0 Å². The molecule has 2 N–H and O–H groups in total. The molecule has 2 bridgehead atoms. The molecule has 0 spiro atoms. The van der Waals surface area contributed by atoms with Crippen LogP contribution in [0.1, 0.15) is 25.7 Å². The van der Waals surface area contributed by atoms with Gasteiger partial charge in [0, 0.05) is 5.54 Å². The topological polar surface area (TPSA) is 26.0 Å². The van der Waals surface area contributed by atoms with Crippen molar-refractivity contribution in [2.75, 3.05) is 0 Å². The van der Waals surface area contributed by atoms with E-state index < -0.39 is 17.1 Å². The van der Waals surface area contributed by atoms with Gasteiger partial charge in [-0.3, -0.25) is 0 Å². The summed E-state index contributed by atoms with van der Waals surface area (Å²) >= 11 is 0. The summed E-state index contributed by atoms with van der Waals surface area (Å²) < 4.78 is 36.9. The van der Waals surface area contributed by atoms with Gasteiger partial charge >= 0.3 is 6.18 Å². The second-order valence-electron chi connectivity index (χ2n) is 3.99. The molecular weight excluding hydrogens is 155 g/mol. The van der Waals surface area contributed by atoms with Crippen LogP contribution in [0.2, 0.25) is 0 Å². The largest absolute Gasteiger partial charge is 0.394 e. The molecule has 0 radical (unpaired) electrons. The highest BCUT2D eigenvalue weighted by Crippen LogP contribution is 2.66. The van der Waals surface area contributed by atoms with Crippen LogP contribution in [0.25, 0.3) is 0 Å². The number of fused-ring (bicyclic) bond motifs is 1. The Morgan fingerprint density at radius 1 is 1.09 bits per heavy atom. The zero-order valence-electron chi connectivity index (χ0n) is 6.04. The van der Waals surface area contributed by atoms with E-state index >= 15 is 0 Å². The molecule has 0 aliphatic heterocycles. The van der Waals surface area contributed by atoms with E-state index in [2.05, 4.69) is 0 Å². The maximum Gasteiger partial charge on any atom is 0.394 e. The fourth-order valence-electron chi connectivity index (χ4n) is 2.48. The van der Waals surface area contributed by atoms with Crippen molar-refractivity contribution in [2.45, 2.75) is 37.4 Å². The lowest BCUT2D eigenvalue weighted by molar-refractivity contribution is -0.246. The molecule has 3 rings (SSSR count). The number of halogens is 3. The Hall–Kier alpha value is -0.250. The summed E-state index contributed by atoms with van der Waals surface area (Å²) in [4.78, 5) is 0. The highest BCUT2D eigenvalue weighted by atomic mass is 19.4. The van der Waals surface area contributed by atoms with Crippen molar-refractivity contribution in [3.05, 3.63) is 0 Å². The molecule has 0 atom stereocenters. The average Bonchev–Trinajstić information content (AvgIpc) is 2.16. The molecule has 64 valence electrons. The second-order valence-corrected chi connectivity index (χ2v) is 3.99. The average molecular weight is 165 g/mol. The Balaban J connectivity index is 2.19. The molecule has 0 saturated heterocycles.